The summed E-state index contributed by atoms with van der Waals surface area (Å²) >= 11 is 0. The fourth-order valence-electron chi connectivity index (χ4n) is 2.42. The van der Waals surface area contributed by atoms with E-state index < -0.39 is 10.8 Å². The van der Waals surface area contributed by atoms with E-state index in [9.17, 15) is 19.7 Å². The molecule has 2 aromatic rings. The molecule has 2 rings (SSSR count). The molecule has 1 N–H and O–H groups in total. The number of anilines is 1. The summed E-state index contributed by atoms with van der Waals surface area (Å²) in [6.07, 6.45) is 0. The maximum Gasteiger partial charge on any atom is 0.273 e. The van der Waals surface area contributed by atoms with Gasteiger partial charge in [-0.25, -0.2) is 0 Å². The van der Waals surface area contributed by atoms with Gasteiger partial charge in [-0.05, 0) is 37.3 Å². The third kappa shape index (κ3) is 4.35. The first-order valence-corrected chi connectivity index (χ1v) is 7.77. The van der Waals surface area contributed by atoms with Crippen LogP contribution in [0.25, 0.3) is 0 Å². The lowest BCUT2D eigenvalue weighted by Crippen LogP contribution is -2.35. The lowest BCUT2D eigenvalue weighted by molar-refractivity contribution is -0.385. The number of carbonyl (C=O) groups is 2. The standard InChI is InChI=1S/C18H19N3O5/c1-12-15(5-4-6-16(12)21(24)25)18(23)20(2)11-17(22)19-13-7-9-14(26-3)10-8-13/h4-10H,11H2,1-3H3,(H,19,22). The van der Waals surface area contributed by atoms with E-state index >= 15 is 0 Å². The summed E-state index contributed by atoms with van der Waals surface area (Å²) in [5.74, 6) is -0.179. The number of nitro groups is 1. The third-order valence-electron chi connectivity index (χ3n) is 3.83. The number of amides is 2. The number of nitrogens with one attached hydrogen (secondary N) is 1. The second-order valence-electron chi connectivity index (χ2n) is 5.64. The van der Waals surface area contributed by atoms with Crippen LogP contribution in [0.4, 0.5) is 11.4 Å². The second kappa shape index (κ2) is 8.11. The highest BCUT2D eigenvalue weighted by Crippen LogP contribution is 2.22. The van der Waals surface area contributed by atoms with E-state index in [-0.39, 0.29) is 29.3 Å². The smallest absolute Gasteiger partial charge is 0.273 e. The van der Waals surface area contributed by atoms with Gasteiger partial charge >= 0.3 is 0 Å². The first-order valence-electron chi connectivity index (χ1n) is 7.77. The molecule has 8 heteroatoms. The number of hydrogen-bond acceptors (Lipinski definition) is 5. The molecular weight excluding hydrogens is 338 g/mol. The summed E-state index contributed by atoms with van der Waals surface area (Å²) in [7, 11) is 3.01. The maximum absolute atomic E-state index is 12.5. The van der Waals surface area contributed by atoms with Crippen molar-refractivity contribution in [2.45, 2.75) is 6.92 Å². The van der Waals surface area contributed by atoms with Crippen molar-refractivity contribution in [1.29, 1.82) is 0 Å². The molecule has 26 heavy (non-hydrogen) atoms. The molecule has 0 heterocycles. The number of hydrogen-bond donors (Lipinski definition) is 1. The number of likely N-dealkylation sites (N-methyl/N-ethyl adjacent to an activating group) is 1. The number of carbonyl (C=O) groups excluding carboxylic acids is 2. The summed E-state index contributed by atoms with van der Waals surface area (Å²) in [6, 6.07) is 11.1. The Labute approximate surface area is 150 Å². The first-order chi connectivity index (χ1) is 12.3. The van der Waals surface area contributed by atoms with Crippen LogP contribution in [-0.2, 0) is 4.79 Å². The predicted molar refractivity (Wildman–Crippen MR) is 96.4 cm³/mol. The highest BCUT2D eigenvalue weighted by Gasteiger charge is 2.21. The highest BCUT2D eigenvalue weighted by molar-refractivity contribution is 6.00. The van der Waals surface area contributed by atoms with Gasteiger partial charge in [0.1, 0.15) is 5.75 Å². The molecule has 0 bridgehead atoms. The third-order valence-corrected chi connectivity index (χ3v) is 3.83. The van der Waals surface area contributed by atoms with E-state index in [1.165, 1.54) is 37.1 Å². The van der Waals surface area contributed by atoms with Crippen LogP contribution in [0.3, 0.4) is 0 Å². The zero-order valence-electron chi connectivity index (χ0n) is 14.7. The minimum atomic E-state index is -0.539. The number of nitrogens with zero attached hydrogens (tertiary/aromatic N) is 2. The normalized spacial score (nSPS) is 10.1. The molecule has 0 radical (unpaired) electrons. The van der Waals surface area contributed by atoms with Crippen LogP contribution in [0.2, 0.25) is 0 Å². The van der Waals surface area contributed by atoms with Gasteiger partial charge in [-0.15, -0.1) is 0 Å². The van der Waals surface area contributed by atoms with Gasteiger partial charge in [-0.3, -0.25) is 19.7 Å². The number of ether oxygens (including phenoxy) is 1. The van der Waals surface area contributed by atoms with Crippen LogP contribution in [0.5, 0.6) is 5.75 Å². The van der Waals surface area contributed by atoms with Crippen molar-refractivity contribution in [2.75, 3.05) is 26.0 Å². The summed E-state index contributed by atoms with van der Waals surface area (Å²) in [6.45, 7) is 1.32. The molecule has 0 atom stereocenters. The molecule has 0 fully saturated rings. The molecule has 0 aliphatic heterocycles. The average Bonchev–Trinajstić information content (AvgIpc) is 2.61. The quantitative estimate of drug-likeness (QED) is 0.632. The molecule has 0 aromatic heterocycles. The number of nitro benzene ring substituents is 1. The molecule has 0 aliphatic carbocycles. The van der Waals surface area contributed by atoms with Crippen LogP contribution in [0, 0.1) is 17.0 Å². The lowest BCUT2D eigenvalue weighted by Gasteiger charge is -2.18. The van der Waals surface area contributed by atoms with Gasteiger partial charge in [0.15, 0.2) is 0 Å². The van der Waals surface area contributed by atoms with Gasteiger partial charge in [0.2, 0.25) is 5.91 Å². The van der Waals surface area contributed by atoms with E-state index in [1.54, 1.807) is 31.4 Å². The molecule has 0 saturated carbocycles. The van der Waals surface area contributed by atoms with Gasteiger partial charge in [0, 0.05) is 29.9 Å². The van der Waals surface area contributed by atoms with Crippen molar-refractivity contribution in [3.8, 4) is 5.75 Å². The fourth-order valence-corrected chi connectivity index (χ4v) is 2.42. The largest absolute Gasteiger partial charge is 0.497 e. The molecule has 2 amide bonds. The van der Waals surface area contributed by atoms with Crippen LogP contribution in [0.15, 0.2) is 42.5 Å². The molecular formula is C18H19N3O5. The Morgan fingerprint density at radius 2 is 1.85 bits per heavy atom. The Morgan fingerprint density at radius 1 is 1.19 bits per heavy atom. The summed E-state index contributed by atoms with van der Waals surface area (Å²) in [4.78, 5) is 36.3. The average molecular weight is 357 g/mol. The molecule has 0 aliphatic rings. The molecule has 0 unspecified atom stereocenters. The Bertz CT molecular complexity index is 833. The topological polar surface area (TPSA) is 102 Å². The van der Waals surface area contributed by atoms with Crippen molar-refractivity contribution >= 4 is 23.2 Å². The van der Waals surface area contributed by atoms with Crippen molar-refractivity contribution in [3.05, 3.63) is 63.7 Å². The zero-order valence-corrected chi connectivity index (χ0v) is 14.7. The Kier molecular flexibility index (Phi) is 5.90. The minimum absolute atomic E-state index is 0.132. The lowest BCUT2D eigenvalue weighted by atomic mass is 10.1. The van der Waals surface area contributed by atoms with Gasteiger partial charge in [-0.2, -0.15) is 0 Å². The van der Waals surface area contributed by atoms with Gasteiger partial charge in [-0.1, -0.05) is 6.07 Å². The number of rotatable bonds is 6. The Hall–Kier alpha value is -3.42. The monoisotopic (exact) mass is 357 g/mol. The highest BCUT2D eigenvalue weighted by atomic mass is 16.6. The number of methoxy groups -OCH3 is 1. The molecule has 0 spiro atoms. The molecule has 8 nitrogen and oxygen atoms in total. The van der Waals surface area contributed by atoms with Gasteiger partial charge in [0.05, 0.1) is 18.6 Å². The van der Waals surface area contributed by atoms with Crippen molar-refractivity contribution in [3.63, 3.8) is 0 Å². The predicted octanol–water partition coefficient (Wildman–Crippen LogP) is 2.62. The summed E-state index contributed by atoms with van der Waals surface area (Å²) in [5.41, 5.74) is 0.902. The van der Waals surface area contributed by atoms with Gasteiger partial charge in [0.25, 0.3) is 11.6 Å². The first kappa shape index (κ1) is 18.9. The summed E-state index contributed by atoms with van der Waals surface area (Å²) < 4.78 is 5.04. The zero-order chi connectivity index (χ0) is 19.3. The van der Waals surface area contributed by atoms with E-state index in [2.05, 4.69) is 5.32 Å². The Morgan fingerprint density at radius 3 is 2.42 bits per heavy atom. The van der Waals surface area contributed by atoms with Crippen LogP contribution < -0.4 is 10.1 Å². The molecule has 2 aromatic carbocycles. The number of benzene rings is 2. The maximum atomic E-state index is 12.5. The van der Waals surface area contributed by atoms with E-state index in [4.69, 9.17) is 4.74 Å². The van der Waals surface area contributed by atoms with Gasteiger partial charge < -0.3 is 15.0 Å². The molecule has 136 valence electrons. The fraction of sp³-hybridized carbons (Fsp3) is 0.222. The van der Waals surface area contributed by atoms with Crippen LogP contribution in [-0.4, -0.2) is 42.3 Å². The van der Waals surface area contributed by atoms with Crippen LogP contribution in [0.1, 0.15) is 15.9 Å². The van der Waals surface area contributed by atoms with E-state index in [1.807, 2.05) is 0 Å². The summed E-state index contributed by atoms with van der Waals surface area (Å²) in [5, 5.41) is 13.7. The van der Waals surface area contributed by atoms with Crippen molar-refractivity contribution in [1.82, 2.24) is 4.90 Å². The SMILES string of the molecule is COc1ccc(NC(=O)CN(C)C(=O)c2cccc([N+](=O)[O-])c2C)cc1. The second-order valence-corrected chi connectivity index (χ2v) is 5.64. The van der Waals surface area contributed by atoms with Crippen LogP contribution >= 0.6 is 0 Å². The van der Waals surface area contributed by atoms with Crippen molar-refractivity contribution < 1.29 is 19.2 Å². The minimum Gasteiger partial charge on any atom is -0.497 e. The Balaban J connectivity index is 2.05. The van der Waals surface area contributed by atoms with E-state index in [0.717, 1.165) is 0 Å². The molecule has 0 saturated heterocycles. The van der Waals surface area contributed by atoms with Crippen molar-refractivity contribution in [2.24, 2.45) is 0 Å². The van der Waals surface area contributed by atoms with E-state index in [0.29, 0.717) is 11.4 Å².